The number of nitrogens with one attached hydrogen (secondary N) is 2. The van der Waals surface area contributed by atoms with Crippen LogP contribution in [0.15, 0.2) is 60.9 Å². The van der Waals surface area contributed by atoms with Crippen LogP contribution in [0.25, 0.3) is 0 Å². The van der Waals surface area contributed by atoms with Gasteiger partial charge in [0.25, 0.3) is 5.91 Å². The zero-order valence-corrected chi connectivity index (χ0v) is 13.3. The molecule has 7 heteroatoms. The average Bonchev–Trinajstić information content (AvgIpc) is 2.67. The topological polar surface area (TPSA) is 79.8 Å². The smallest absolute Gasteiger partial charge is 0.272 e. The largest absolute Gasteiger partial charge is 0.365 e. The van der Waals surface area contributed by atoms with Gasteiger partial charge in [0.2, 0.25) is 0 Å². The highest BCUT2D eigenvalue weighted by molar-refractivity contribution is 5.92. The third kappa shape index (κ3) is 4.81. The van der Waals surface area contributed by atoms with Gasteiger partial charge in [-0.15, -0.1) is 10.2 Å². The van der Waals surface area contributed by atoms with Gasteiger partial charge in [-0.25, -0.2) is 4.39 Å². The van der Waals surface area contributed by atoms with Crippen LogP contribution >= 0.6 is 0 Å². The van der Waals surface area contributed by atoms with Gasteiger partial charge in [-0.3, -0.25) is 9.78 Å². The molecule has 0 saturated carbocycles. The molecule has 0 aliphatic carbocycles. The molecular weight excluding hydrogens is 321 g/mol. The molecule has 25 heavy (non-hydrogen) atoms. The molecule has 3 aromatic rings. The Morgan fingerprint density at radius 2 is 1.60 bits per heavy atom. The van der Waals surface area contributed by atoms with Crippen LogP contribution in [0.1, 0.15) is 21.6 Å². The zero-order valence-electron chi connectivity index (χ0n) is 13.3. The summed E-state index contributed by atoms with van der Waals surface area (Å²) in [5, 5.41) is 13.7. The molecule has 0 fully saturated rings. The fraction of sp³-hybridized carbons (Fsp3) is 0.111. The molecule has 1 amide bonds. The Hall–Kier alpha value is -3.35. The molecule has 0 aliphatic rings. The number of carbonyl (C=O) groups excluding carboxylic acids is 1. The lowest BCUT2D eigenvalue weighted by Crippen LogP contribution is -2.24. The van der Waals surface area contributed by atoms with Gasteiger partial charge in [0.1, 0.15) is 11.6 Å². The Morgan fingerprint density at radius 1 is 0.880 bits per heavy atom. The number of carbonyl (C=O) groups is 1. The van der Waals surface area contributed by atoms with Crippen LogP contribution in [0.5, 0.6) is 0 Å². The summed E-state index contributed by atoms with van der Waals surface area (Å²) < 4.78 is 12.9. The predicted molar refractivity (Wildman–Crippen MR) is 91.2 cm³/mol. The van der Waals surface area contributed by atoms with Crippen LogP contribution in [0.4, 0.5) is 10.2 Å². The molecule has 0 spiro atoms. The number of amides is 1. The Kier molecular flexibility index (Phi) is 5.26. The van der Waals surface area contributed by atoms with E-state index in [0.29, 0.717) is 18.9 Å². The zero-order chi connectivity index (χ0) is 17.5. The second-order valence-corrected chi connectivity index (χ2v) is 5.32. The van der Waals surface area contributed by atoms with Gasteiger partial charge in [0, 0.05) is 25.5 Å². The summed E-state index contributed by atoms with van der Waals surface area (Å²) in [7, 11) is 0. The van der Waals surface area contributed by atoms with Gasteiger partial charge < -0.3 is 10.6 Å². The second-order valence-electron chi connectivity index (χ2n) is 5.32. The molecule has 6 nitrogen and oxygen atoms in total. The number of nitrogens with zero attached hydrogens (tertiary/aromatic N) is 3. The molecule has 2 N–H and O–H groups in total. The van der Waals surface area contributed by atoms with Crippen molar-refractivity contribution in [2.45, 2.75) is 13.1 Å². The van der Waals surface area contributed by atoms with Crippen LogP contribution in [0.2, 0.25) is 0 Å². The normalized spacial score (nSPS) is 10.3. The molecule has 0 saturated heterocycles. The molecular formula is C18H16FN5O. The van der Waals surface area contributed by atoms with E-state index in [0.717, 1.165) is 11.1 Å². The summed E-state index contributed by atoms with van der Waals surface area (Å²) in [4.78, 5) is 16.0. The van der Waals surface area contributed by atoms with Crippen LogP contribution in [0, 0.1) is 5.82 Å². The number of pyridine rings is 1. The van der Waals surface area contributed by atoms with Crippen molar-refractivity contribution in [1.29, 1.82) is 0 Å². The van der Waals surface area contributed by atoms with Gasteiger partial charge in [0.05, 0.1) is 0 Å². The highest BCUT2D eigenvalue weighted by Crippen LogP contribution is 2.07. The molecule has 3 rings (SSSR count). The number of anilines is 1. The summed E-state index contributed by atoms with van der Waals surface area (Å²) in [5.74, 6) is -0.0323. The maximum atomic E-state index is 12.9. The molecule has 0 unspecified atom stereocenters. The van der Waals surface area contributed by atoms with E-state index in [1.807, 2.05) is 12.1 Å². The predicted octanol–water partition coefficient (Wildman–Crippen LogP) is 2.55. The van der Waals surface area contributed by atoms with Gasteiger partial charge in [-0.1, -0.05) is 12.1 Å². The minimum absolute atomic E-state index is 0.237. The monoisotopic (exact) mass is 337 g/mol. The van der Waals surface area contributed by atoms with Crippen molar-refractivity contribution in [3.63, 3.8) is 0 Å². The maximum absolute atomic E-state index is 12.9. The van der Waals surface area contributed by atoms with Crippen LogP contribution in [0.3, 0.4) is 0 Å². The Morgan fingerprint density at radius 3 is 2.28 bits per heavy atom. The van der Waals surface area contributed by atoms with E-state index in [1.165, 1.54) is 12.1 Å². The SMILES string of the molecule is O=C(NCc1ccncc1)c1ccc(NCc2ccc(F)cc2)nn1. The fourth-order valence-corrected chi connectivity index (χ4v) is 2.12. The number of rotatable bonds is 6. The van der Waals surface area contributed by atoms with Gasteiger partial charge in [-0.2, -0.15) is 0 Å². The van der Waals surface area contributed by atoms with E-state index in [2.05, 4.69) is 25.8 Å². The van der Waals surface area contributed by atoms with E-state index in [4.69, 9.17) is 0 Å². The average molecular weight is 337 g/mol. The Balaban J connectivity index is 1.52. The summed E-state index contributed by atoms with van der Waals surface area (Å²) in [6, 6.07) is 13.1. The van der Waals surface area contributed by atoms with Gasteiger partial charge in [-0.05, 0) is 47.5 Å². The van der Waals surface area contributed by atoms with Crippen LogP contribution in [-0.2, 0) is 13.1 Å². The van der Waals surface area contributed by atoms with Gasteiger partial charge in [0.15, 0.2) is 5.69 Å². The molecule has 0 radical (unpaired) electrons. The first kappa shape index (κ1) is 16.5. The van der Waals surface area contributed by atoms with E-state index in [1.54, 1.807) is 36.7 Å². The summed E-state index contributed by atoms with van der Waals surface area (Å²) in [5.41, 5.74) is 2.11. The summed E-state index contributed by atoms with van der Waals surface area (Å²) in [6.07, 6.45) is 3.34. The third-order valence-corrected chi connectivity index (χ3v) is 3.49. The van der Waals surface area contributed by atoms with Crippen molar-refractivity contribution in [2.24, 2.45) is 0 Å². The van der Waals surface area contributed by atoms with Crippen molar-refractivity contribution in [3.8, 4) is 0 Å². The summed E-state index contributed by atoms with van der Waals surface area (Å²) in [6.45, 7) is 0.885. The van der Waals surface area contributed by atoms with Crippen molar-refractivity contribution in [3.05, 3.63) is 83.6 Å². The van der Waals surface area contributed by atoms with E-state index in [-0.39, 0.29) is 17.4 Å². The first-order valence-electron chi connectivity index (χ1n) is 7.70. The molecule has 0 bridgehead atoms. The van der Waals surface area contributed by atoms with Crippen LogP contribution < -0.4 is 10.6 Å². The maximum Gasteiger partial charge on any atom is 0.272 e. The summed E-state index contributed by atoms with van der Waals surface area (Å²) >= 11 is 0. The van der Waals surface area contributed by atoms with Crippen molar-refractivity contribution < 1.29 is 9.18 Å². The quantitative estimate of drug-likeness (QED) is 0.723. The molecule has 1 aromatic carbocycles. The minimum atomic E-state index is -0.297. The first-order chi connectivity index (χ1) is 12.2. The number of hydrogen-bond donors (Lipinski definition) is 2. The molecule has 2 aromatic heterocycles. The lowest BCUT2D eigenvalue weighted by Gasteiger charge is -2.07. The number of hydrogen-bond acceptors (Lipinski definition) is 5. The minimum Gasteiger partial charge on any atom is -0.365 e. The van der Waals surface area contributed by atoms with Crippen molar-refractivity contribution in [2.75, 3.05) is 5.32 Å². The number of benzene rings is 1. The lowest BCUT2D eigenvalue weighted by atomic mass is 10.2. The molecule has 0 aliphatic heterocycles. The van der Waals surface area contributed by atoms with E-state index >= 15 is 0 Å². The second kappa shape index (κ2) is 7.96. The van der Waals surface area contributed by atoms with Crippen LogP contribution in [-0.4, -0.2) is 21.1 Å². The van der Waals surface area contributed by atoms with Gasteiger partial charge >= 0.3 is 0 Å². The third-order valence-electron chi connectivity index (χ3n) is 3.49. The highest BCUT2D eigenvalue weighted by Gasteiger charge is 2.08. The van der Waals surface area contributed by atoms with E-state index < -0.39 is 0 Å². The standard InChI is InChI=1S/C18H16FN5O/c19-15-3-1-13(2-4-15)11-21-17-6-5-16(23-24-17)18(25)22-12-14-7-9-20-10-8-14/h1-10H,11-12H2,(H,21,24)(H,22,25). The lowest BCUT2D eigenvalue weighted by molar-refractivity contribution is 0.0945. The Bertz CT molecular complexity index is 822. The van der Waals surface area contributed by atoms with E-state index in [9.17, 15) is 9.18 Å². The highest BCUT2D eigenvalue weighted by atomic mass is 19.1. The van der Waals surface area contributed by atoms with Crippen molar-refractivity contribution >= 4 is 11.7 Å². The molecule has 2 heterocycles. The number of aromatic nitrogens is 3. The number of halogens is 1. The molecule has 0 atom stereocenters. The molecule has 126 valence electrons. The fourth-order valence-electron chi connectivity index (χ4n) is 2.12. The van der Waals surface area contributed by atoms with Crippen molar-refractivity contribution in [1.82, 2.24) is 20.5 Å². The first-order valence-corrected chi connectivity index (χ1v) is 7.70. The Labute approximate surface area is 144 Å².